The zero-order valence-corrected chi connectivity index (χ0v) is 12.9. The van der Waals surface area contributed by atoms with Crippen LogP contribution in [0.4, 0.5) is 0 Å². The molecule has 1 aromatic carbocycles. The summed E-state index contributed by atoms with van der Waals surface area (Å²) >= 11 is 1.67. The summed E-state index contributed by atoms with van der Waals surface area (Å²) in [7, 11) is 0. The monoisotopic (exact) mass is 313 g/mol. The molecular formula is C19H11N3S. The molecule has 23 heavy (non-hydrogen) atoms. The van der Waals surface area contributed by atoms with Gasteiger partial charge in [0.1, 0.15) is 4.83 Å². The predicted octanol–water partition coefficient (Wildman–Crippen LogP) is 5.06. The summed E-state index contributed by atoms with van der Waals surface area (Å²) in [5.74, 6) is 0. The minimum atomic E-state index is 0.904. The van der Waals surface area contributed by atoms with Gasteiger partial charge in [-0.25, -0.2) is 9.97 Å². The molecule has 0 aliphatic carbocycles. The smallest absolute Gasteiger partial charge is 0.125 e. The third-order valence-electron chi connectivity index (χ3n) is 4.00. The van der Waals surface area contributed by atoms with Gasteiger partial charge in [-0.3, -0.25) is 4.98 Å². The number of rotatable bonds is 1. The average Bonchev–Trinajstić information content (AvgIpc) is 2.99. The zero-order valence-electron chi connectivity index (χ0n) is 12.1. The maximum atomic E-state index is 4.82. The lowest BCUT2D eigenvalue weighted by molar-refractivity contribution is 1.33. The van der Waals surface area contributed by atoms with Crippen molar-refractivity contribution < 1.29 is 0 Å². The van der Waals surface area contributed by atoms with Crippen LogP contribution in [0.5, 0.6) is 0 Å². The van der Waals surface area contributed by atoms with Gasteiger partial charge in [-0.2, -0.15) is 0 Å². The predicted molar refractivity (Wildman–Crippen MR) is 95.7 cm³/mol. The number of pyridine rings is 3. The number of nitrogens with zero attached hydrogens (tertiary/aromatic N) is 3. The maximum Gasteiger partial charge on any atom is 0.125 e. The Morgan fingerprint density at radius 1 is 0.739 bits per heavy atom. The fourth-order valence-corrected chi connectivity index (χ4v) is 3.90. The molecule has 0 spiro atoms. The van der Waals surface area contributed by atoms with Gasteiger partial charge >= 0.3 is 0 Å². The average molecular weight is 313 g/mol. The van der Waals surface area contributed by atoms with E-state index in [1.54, 1.807) is 11.3 Å². The standard InChI is InChI=1S/C19H11N3S/c1-2-4-15-12(3-1)5-7-16(21-15)17-8-6-14-13-9-10-20-11-18(13)23-19(14)22-17/h1-11H. The first-order valence-corrected chi connectivity index (χ1v) is 8.19. The van der Waals surface area contributed by atoms with Crippen LogP contribution in [0.15, 0.2) is 67.0 Å². The Labute approximate surface area is 136 Å². The van der Waals surface area contributed by atoms with E-state index in [4.69, 9.17) is 9.97 Å². The van der Waals surface area contributed by atoms with Crippen LogP contribution < -0.4 is 0 Å². The first kappa shape index (κ1) is 12.7. The minimum absolute atomic E-state index is 0.904. The van der Waals surface area contributed by atoms with Gasteiger partial charge in [-0.05, 0) is 30.3 Å². The third-order valence-corrected chi connectivity index (χ3v) is 5.05. The van der Waals surface area contributed by atoms with Crippen LogP contribution in [0.25, 0.3) is 42.6 Å². The number of benzene rings is 1. The Morgan fingerprint density at radius 2 is 1.61 bits per heavy atom. The number of aromatic nitrogens is 3. The molecule has 0 aliphatic heterocycles. The van der Waals surface area contributed by atoms with Gasteiger partial charge < -0.3 is 0 Å². The Morgan fingerprint density at radius 3 is 2.61 bits per heavy atom. The number of fused-ring (bicyclic) bond motifs is 4. The van der Waals surface area contributed by atoms with Crippen LogP contribution in [0, 0.1) is 0 Å². The number of hydrogen-bond acceptors (Lipinski definition) is 4. The molecule has 0 aliphatic rings. The van der Waals surface area contributed by atoms with Crippen LogP contribution in [0.2, 0.25) is 0 Å². The normalized spacial score (nSPS) is 11.5. The van der Waals surface area contributed by atoms with E-state index in [-0.39, 0.29) is 0 Å². The maximum absolute atomic E-state index is 4.82. The van der Waals surface area contributed by atoms with Gasteiger partial charge in [-0.15, -0.1) is 11.3 Å². The molecule has 0 radical (unpaired) electrons. The number of thiophene rings is 1. The summed E-state index contributed by atoms with van der Waals surface area (Å²) in [6.45, 7) is 0. The van der Waals surface area contributed by atoms with E-state index in [2.05, 4.69) is 23.2 Å². The molecule has 0 atom stereocenters. The summed E-state index contributed by atoms with van der Waals surface area (Å²) in [5, 5.41) is 3.53. The van der Waals surface area contributed by atoms with Gasteiger partial charge in [0.2, 0.25) is 0 Å². The molecule has 108 valence electrons. The number of hydrogen-bond donors (Lipinski definition) is 0. The van der Waals surface area contributed by atoms with Gasteiger partial charge in [0, 0.05) is 28.6 Å². The Bertz CT molecular complexity index is 1180. The van der Waals surface area contributed by atoms with E-state index in [0.29, 0.717) is 0 Å². The molecule has 5 rings (SSSR count). The molecule has 3 nitrogen and oxygen atoms in total. The lowest BCUT2D eigenvalue weighted by Crippen LogP contribution is -1.88. The number of para-hydroxylation sites is 1. The molecule has 0 N–H and O–H groups in total. The van der Waals surface area contributed by atoms with E-state index in [1.165, 1.54) is 15.5 Å². The highest BCUT2D eigenvalue weighted by molar-refractivity contribution is 7.25. The van der Waals surface area contributed by atoms with Crippen LogP contribution in [-0.4, -0.2) is 15.0 Å². The SMILES string of the molecule is c1ccc2nc(-c3ccc4c(n3)sc3cnccc34)ccc2c1. The lowest BCUT2D eigenvalue weighted by atomic mass is 10.1. The van der Waals surface area contributed by atoms with Crippen molar-refractivity contribution in [2.45, 2.75) is 0 Å². The second-order valence-corrected chi connectivity index (χ2v) is 6.44. The van der Waals surface area contributed by atoms with E-state index in [1.807, 2.05) is 48.8 Å². The Balaban J connectivity index is 1.73. The Kier molecular flexibility index (Phi) is 2.66. The summed E-state index contributed by atoms with van der Waals surface area (Å²) in [6, 6.07) is 18.5. The fourth-order valence-electron chi connectivity index (χ4n) is 2.86. The first-order chi connectivity index (χ1) is 11.4. The van der Waals surface area contributed by atoms with Crippen molar-refractivity contribution in [2.24, 2.45) is 0 Å². The molecular weight excluding hydrogens is 302 g/mol. The van der Waals surface area contributed by atoms with Gasteiger partial charge in [-0.1, -0.05) is 24.3 Å². The summed E-state index contributed by atoms with van der Waals surface area (Å²) in [4.78, 5) is 14.8. The second-order valence-electron chi connectivity index (χ2n) is 5.41. The Hall–Kier alpha value is -2.85. The van der Waals surface area contributed by atoms with E-state index >= 15 is 0 Å². The minimum Gasteiger partial charge on any atom is -0.263 e. The third kappa shape index (κ3) is 1.99. The van der Waals surface area contributed by atoms with Crippen molar-refractivity contribution in [1.29, 1.82) is 0 Å². The molecule has 0 saturated carbocycles. The van der Waals surface area contributed by atoms with E-state index in [9.17, 15) is 0 Å². The molecule has 4 heterocycles. The molecule has 0 saturated heterocycles. The molecule has 0 bridgehead atoms. The van der Waals surface area contributed by atoms with Crippen molar-refractivity contribution in [3.8, 4) is 11.4 Å². The van der Waals surface area contributed by atoms with Crippen molar-refractivity contribution in [3.05, 3.63) is 67.0 Å². The summed E-state index contributed by atoms with van der Waals surface area (Å²) < 4.78 is 1.17. The van der Waals surface area contributed by atoms with Gasteiger partial charge in [0.05, 0.1) is 21.6 Å². The lowest BCUT2D eigenvalue weighted by Gasteiger charge is -2.02. The van der Waals surface area contributed by atoms with Crippen LogP contribution in [0.1, 0.15) is 0 Å². The van der Waals surface area contributed by atoms with Crippen LogP contribution >= 0.6 is 11.3 Å². The van der Waals surface area contributed by atoms with Gasteiger partial charge in [0.15, 0.2) is 0 Å². The highest BCUT2D eigenvalue weighted by Crippen LogP contribution is 2.33. The molecule has 0 unspecified atom stereocenters. The topological polar surface area (TPSA) is 38.7 Å². The first-order valence-electron chi connectivity index (χ1n) is 7.38. The molecule has 0 amide bonds. The molecule has 4 aromatic heterocycles. The summed E-state index contributed by atoms with van der Waals surface area (Å²) in [5.41, 5.74) is 2.80. The second kappa shape index (κ2) is 4.83. The largest absolute Gasteiger partial charge is 0.263 e. The fraction of sp³-hybridized carbons (Fsp3) is 0. The summed E-state index contributed by atoms with van der Waals surface area (Å²) in [6.07, 6.45) is 3.73. The molecule has 5 aromatic rings. The van der Waals surface area contributed by atoms with Crippen molar-refractivity contribution in [1.82, 2.24) is 15.0 Å². The van der Waals surface area contributed by atoms with Crippen molar-refractivity contribution in [2.75, 3.05) is 0 Å². The molecule has 0 fully saturated rings. The quantitative estimate of drug-likeness (QED) is 0.434. The zero-order chi connectivity index (χ0) is 15.2. The van der Waals surface area contributed by atoms with E-state index < -0.39 is 0 Å². The highest BCUT2D eigenvalue weighted by Gasteiger charge is 2.09. The van der Waals surface area contributed by atoms with Gasteiger partial charge in [0.25, 0.3) is 0 Å². The van der Waals surface area contributed by atoms with Crippen molar-refractivity contribution >= 4 is 42.5 Å². The van der Waals surface area contributed by atoms with Crippen LogP contribution in [0.3, 0.4) is 0 Å². The van der Waals surface area contributed by atoms with Crippen molar-refractivity contribution in [3.63, 3.8) is 0 Å². The van der Waals surface area contributed by atoms with Crippen LogP contribution in [-0.2, 0) is 0 Å². The highest BCUT2D eigenvalue weighted by atomic mass is 32.1. The van der Waals surface area contributed by atoms with E-state index in [0.717, 1.165) is 27.1 Å². The molecule has 4 heteroatoms.